The summed E-state index contributed by atoms with van der Waals surface area (Å²) in [5, 5.41) is 3.66. The van der Waals surface area contributed by atoms with Crippen molar-refractivity contribution in [1.29, 1.82) is 0 Å². The van der Waals surface area contributed by atoms with Crippen LogP contribution in [0, 0.1) is 0 Å². The van der Waals surface area contributed by atoms with Crippen LogP contribution in [0.5, 0.6) is 0 Å². The number of rotatable bonds is 0. The van der Waals surface area contributed by atoms with Gasteiger partial charge in [-0.25, -0.2) is 5.84 Å². The molecule has 0 spiro atoms. The van der Waals surface area contributed by atoms with E-state index in [1.165, 1.54) is 0 Å². The fourth-order valence-electron chi connectivity index (χ4n) is 0.936. The number of anilines is 1. The highest BCUT2D eigenvalue weighted by Crippen LogP contribution is 2.24. The van der Waals surface area contributed by atoms with Gasteiger partial charge in [0.15, 0.2) is 0 Å². The Morgan fingerprint density at radius 2 is 2.60 bits per heavy atom. The van der Waals surface area contributed by atoms with Crippen LogP contribution in [0.3, 0.4) is 0 Å². The van der Waals surface area contributed by atoms with Crippen molar-refractivity contribution in [3.8, 4) is 0 Å². The molecule has 1 aromatic rings. The molecule has 1 aromatic heterocycles. The predicted octanol–water partition coefficient (Wildman–Crippen LogP) is 0.818. The molecule has 10 heavy (non-hydrogen) atoms. The summed E-state index contributed by atoms with van der Waals surface area (Å²) in [7, 11) is 0. The van der Waals surface area contributed by atoms with Gasteiger partial charge < -0.3 is 0 Å². The Morgan fingerprint density at radius 3 is 3.40 bits per heavy atom. The number of hydrogen-bond acceptors (Lipinski definition) is 4. The molecule has 2 heterocycles. The molecule has 0 bridgehead atoms. The maximum Gasteiger partial charge on any atom is 0.124 e. The van der Waals surface area contributed by atoms with Crippen LogP contribution in [-0.2, 0) is 0 Å². The summed E-state index contributed by atoms with van der Waals surface area (Å²) in [4.78, 5) is 5.20. The maximum atomic E-state index is 5.62. The third kappa shape index (κ3) is 0.732. The van der Waals surface area contributed by atoms with Crippen molar-refractivity contribution in [2.24, 2.45) is 10.8 Å². The number of aliphatic imine (C=N–C) groups is 1. The minimum atomic E-state index is 0.573. The number of nitrogens with zero attached hydrogens (tertiary/aromatic N) is 2. The molecular weight excluding hydrogens is 146 g/mol. The lowest BCUT2D eigenvalue weighted by molar-refractivity contribution is 0.861. The standard InChI is InChI=1S/C6H7N3S/c7-9-4-8-3-6-5(9)1-2-10-6/h1-3H,4,7H2. The first-order chi connectivity index (χ1) is 4.88. The predicted molar refractivity (Wildman–Crippen MR) is 43.4 cm³/mol. The van der Waals surface area contributed by atoms with Gasteiger partial charge in [0.05, 0.1) is 10.6 Å². The second kappa shape index (κ2) is 2.07. The van der Waals surface area contributed by atoms with Crippen molar-refractivity contribution in [3.05, 3.63) is 16.3 Å². The van der Waals surface area contributed by atoms with Gasteiger partial charge in [0.2, 0.25) is 0 Å². The first-order valence-electron chi connectivity index (χ1n) is 2.97. The van der Waals surface area contributed by atoms with Crippen LogP contribution in [0.4, 0.5) is 5.69 Å². The minimum Gasteiger partial charge on any atom is -0.288 e. The van der Waals surface area contributed by atoms with E-state index in [9.17, 15) is 0 Å². The number of nitrogens with two attached hydrogens (primary N) is 1. The second-order valence-corrected chi connectivity index (χ2v) is 3.04. The first kappa shape index (κ1) is 5.88. The van der Waals surface area contributed by atoms with E-state index in [4.69, 9.17) is 5.84 Å². The SMILES string of the molecule is NN1CN=Cc2sccc21. The summed E-state index contributed by atoms with van der Waals surface area (Å²) in [6, 6.07) is 2.01. The molecule has 1 aliphatic rings. The van der Waals surface area contributed by atoms with Gasteiger partial charge in [-0.15, -0.1) is 11.3 Å². The average Bonchev–Trinajstić information content (AvgIpc) is 2.36. The summed E-state index contributed by atoms with van der Waals surface area (Å²) in [6.45, 7) is 0.573. The van der Waals surface area contributed by atoms with Gasteiger partial charge in [-0.1, -0.05) is 0 Å². The van der Waals surface area contributed by atoms with Gasteiger partial charge in [-0.2, -0.15) is 0 Å². The highest BCUT2D eigenvalue weighted by Gasteiger charge is 2.10. The number of thiophene rings is 1. The monoisotopic (exact) mass is 153 g/mol. The van der Waals surface area contributed by atoms with Crippen molar-refractivity contribution in [2.45, 2.75) is 0 Å². The summed E-state index contributed by atoms with van der Waals surface area (Å²) in [6.07, 6.45) is 1.86. The van der Waals surface area contributed by atoms with Crippen LogP contribution in [0.25, 0.3) is 0 Å². The van der Waals surface area contributed by atoms with Gasteiger partial charge in [-0.3, -0.25) is 10.0 Å². The molecule has 0 fully saturated rings. The molecule has 0 radical (unpaired) electrons. The van der Waals surface area contributed by atoms with Gasteiger partial charge in [0.25, 0.3) is 0 Å². The summed E-state index contributed by atoms with van der Waals surface area (Å²) < 4.78 is 0. The average molecular weight is 153 g/mol. The normalized spacial score (nSPS) is 15.5. The highest BCUT2D eigenvalue weighted by atomic mass is 32.1. The van der Waals surface area contributed by atoms with E-state index >= 15 is 0 Å². The van der Waals surface area contributed by atoms with Crippen LogP contribution in [0.2, 0.25) is 0 Å². The van der Waals surface area contributed by atoms with Crippen LogP contribution < -0.4 is 10.9 Å². The molecule has 2 N–H and O–H groups in total. The van der Waals surface area contributed by atoms with E-state index in [0.717, 1.165) is 10.6 Å². The quantitative estimate of drug-likeness (QED) is 0.560. The van der Waals surface area contributed by atoms with E-state index in [1.54, 1.807) is 16.3 Å². The molecule has 0 aromatic carbocycles. The molecule has 4 heteroatoms. The zero-order valence-electron chi connectivity index (χ0n) is 5.32. The molecule has 0 amide bonds. The Labute approximate surface area is 62.8 Å². The molecular formula is C6H7N3S. The van der Waals surface area contributed by atoms with E-state index in [2.05, 4.69) is 4.99 Å². The molecule has 0 saturated carbocycles. The summed E-state index contributed by atoms with van der Waals surface area (Å²) in [5.41, 5.74) is 1.08. The lowest BCUT2D eigenvalue weighted by Gasteiger charge is -2.18. The van der Waals surface area contributed by atoms with Gasteiger partial charge in [0, 0.05) is 6.21 Å². The van der Waals surface area contributed by atoms with Crippen molar-refractivity contribution >= 4 is 23.2 Å². The van der Waals surface area contributed by atoms with Crippen molar-refractivity contribution in [3.63, 3.8) is 0 Å². The second-order valence-electron chi connectivity index (χ2n) is 2.09. The lowest BCUT2D eigenvalue weighted by atomic mass is 10.4. The Kier molecular flexibility index (Phi) is 1.22. The summed E-state index contributed by atoms with van der Waals surface area (Å²) >= 11 is 1.66. The zero-order chi connectivity index (χ0) is 6.97. The van der Waals surface area contributed by atoms with E-state index < -0.39 is 0 Å². The fraction of sp³-hybridized carbons (Fsp3) is 0.167. The molecule has 0 aliphatic carbocycles. The summed E-state index contributed by atoms with van der Waals surface area (Å²) in [5.74, 6) is 5.62. The van der Waals surface area contributed by atoms with Crippen molar-refractivity contribution in [2.75, 3.05) is 11.7 Å². The van der Waals surface area contributed by atoms with Crippen LogP contribution in [-0.4, -0.2) is 12.9 Å². The largest absolute Gasteiger partial charge is 0.288 e. The smallest absolute Gasteiger partial charge is 0.124 e. The molecule has 52 valence electrons. The number of hydrazine groups is 1. The van der Waals surface area contributed by atoms with Crippen LogP contribution in [0.1, 0.15) is 4.88 Å². The maximum absolute atomic E-state index is 5.62. The van der Waals surface area contributed by atoms with Crippen molar-refractivity contribution < 1.29 is 0 Å². The fourth-order valence-corrected chi connectivity index (χ4v) is 1.72. The molecule has 2 rings (SSSR count). The molecule has 0 saturated heterocycles. The van der Waals surface area contributed by atoms with Gasteiger partial charge in [0.1, 0.15) is 6.67 Å². The third-order valence-electron chi connectivity index (χ3n) is 1.43. The molecule has 0 unspecified atom stereocenters. The zero-order valence-corrected chi connectivity index (χ0v) is 6.14. The van der Waals surface area contributed by atoms with Gasteiger partial charge in [-0.05, 0) is 11.4 Å². The first-order valence-corrected chi connectivity index (χ1v) is 3.85. The van der Waals surface area contributed by atoms with Gasteiger partial charge >= 0.3 is 0 Å². The number of fused-ring (bicyclic) bond motifs is 1. The van der Waals surface area contributed by atoms with Crippen molar-refractivity contribution in [1.82, 2.24) is 0 Å². The molecule has 0 atom stereocenters. The Morgan fingerprint density at radius 1 is 1.70 bits per heavy atom. The minimum absolute atomic E-state index is 0.573. The number of hydrogen-bond donors (Lipinski definition) is 1. The van der Waals surface area contributed by atoms with E-state index in [-0.39, 0.29) is 0 Å². The van der Waals surface area contributed by atoms with E-state index in [0.29, 0.717) is 6.67 Å². The topological polar surface area (TPSA) is 41.6 Å². The third-order valence-corrected chi connectivity index (χ3v) is 2.27. The lowest BCUT2D eigenvalue weighted by Crippen LogP contribution is -2.33. The van der Waals surface area contributed by atoms with Crippen LogP contribution >= 0.6 is 11.3 Å². The Balaban J connectivity index is 2.52. The molecule has 3 nitrogen and oxygen atoms in total. The Bertz CT molecular complexity index is 266. The highest BCUT2D eigenvalue weighted by molar-refractivity contribution is 7.12. The van der Waals surface area contributed by atoms with E-state index in [1.807, 2.05) is 17.7 Å². The Hall–Kier alpha value is -0.870. The van der Waals surface area contributed by atoms with Crippen LogP contribution in [0.15, 0.2) is 16.4 Å². The molecule has 1 aliphatic heterocycles.